The molecule has 2 N–H and O–H groups in total. The number of para-hydroxylation sites is 2. The largest absolute Gasteiger partial charge is 0.493 e. The van der Waals surface area contributed by atoms with Crippen LogP contribution in [0.2, 0.25) is 5.02 Å². The lowest BCUT2D eigenvalue weighted by Crippen LogP contribution is -2.39. The lowest BCUT2D eigenvalue weighted by molar-refractivity contribution is 0.196. The van der Waals surface area contributed by atoms with Gasteiger partial charge in [-0.3, -0.25) is 4.90 Å². The van der Waals surface area contributed by atoms with E-state index in [4.69, 9.17) is 21.1 Å². The number of benzene rings is 3. The van der Waals surface area contributed by atoms with E-state index >= 15 is 0 Å². The molecule has 1 atom stereocenters. The summed E-state index contributed by atoms with van der Waals surface area (Å²) in [5, 5.41) is 5.54. The molecule has 5 rings (SSSR count). The first-order chi connectivity index (χ1) is 16.2. The maximum atomic E-state index is 6.40. The average molecular weight is 462 g/mol. The van der Waals surface area contributed by atoms with Crippen molar-refractivity contribution in [1.29, 1.82) is 0 Å². The van der Waals surface area contributed by atoms with Crippen LogP contribution >= 0.6 is 11.6 Å². The van der Waals surface area contributed by atoms with Crippen LogP contribution in [0.25, 0.3) is 10.9 Å². The molecule has 1 unspecified atom stereocenters. The number of ether oxygens (including phenoxy) is 2. The number of nitrogens with one attached hydrogen (secondary N) is 2. The molecule has 6 heteroatoms. The van der Waals surface area contributed by atoms with Gasteiger partial charge < -0.3 is 19.8 Å². The number of aromatic amines is 1. The van der Waals surface area contributed by atoms with Crippen molar-refractivity contribution in [1.82, 2.24) is 9.88 Å². The molecule has 5 nitrogen and oxygen atoms in total. The molecule has 33 heavy (non-hydrogen) atoms. The molecule has 4 aromatic rings. The Bertz CT molecular complexity index is 1270. The molecule has 0 saturated carbocycles. The number of halogens is 1. The van der Waals surface area contributed by atoms with Gasteiger partial charge in [-0.1, -0.05) is 41.9 Å². The summed E-state index contributed by atoms with van der Waals surface area (Å²) in [4.78, 5) is 5.91. The monoisotopic (exact) mass is 461 g/mol. The van der Waals surface area contributed by atoms with Gasteiger partial charge in [-0.15, -0.1) is 0 Å². The van der Waals surface area contributed by atoms with Crippen LogP contribution in [0.1, 0.15) is 22.7 Å². The number of H-pyrrole nitrogens is 1. The zero-order valence-electron chi connectivity index (χ0n) is 18.9. The molecule has 0 bridgehead atoms. The molecule has 0 radical (unpaired) electrons. The normalized spacial score (nSPS) is 15.9. The lowest BCUT2D eigenvalue weighted by atomic mass is 9.88. The van der Waals surface area contributed by atoms with Gasteiger partial charge in [-0.05, 0) is 59.9 Å². The maximum absolute atomic E-state index is 6.40. The van der Waals surface area contributed by atoms with E-state index in [1.54, 1.807) is 14.2 Å². The second-order valence-corrected chi connectivity index (χ2v) is 8.77. The van der Waals surface area contributed by atoms with Crippen LogP contribution in [-0.2, 0) is 12.8 Å². The van der Waals surface area contributed by atoms with Crippen molar-refractivity contribution in [3.8, 4) is 11.5 Å². The van der Waals surface area contributed by atoms with Crippen molar-refractivity contribution in [2.45, 2.75) is 18.9 Å². The molecule has 0 fully saturated rings. The first-order valence-corrected chi connectivity index (χ1v) is 11.6. The van der Waals surface area contributed by atoms with E-state index in [1.807, 2.05) is 24.3 Å². The number of nitrogens with zero attached hydrogens (tertiary/aromatic N) is 1. The Balaban J connectivity index is 1.51. The minimum atomic E-state index is 0.183. The molecule has 1 aliphatic heterocycles. The predicted molar refractivity (Wildman–Crippen MR) is 135 cm³/mol. The first-order valence-electron chi connectivity index (χ1n) is 11.2. The summed E-state index contributed by atoms with van der Waals surface area (Å²) in [7, 11) is 3.38. The molecular weight excluding hydrogens is 434 g/mol. The summed E-state index contributed by atoms with van der Waals surface area (Å²) in [5.41, 5.74) is 6.01. The van der Waals surface area contributed by atoms with Crippen LogP contribution in [0.5, 0.6) is 11.5 Å². The lowest BCUT2D eigenvalue weighted by Gasteiger charge is -2.38. The van der Waals surface area contributed by atoms with Crippen molar-refractivity contribution >= 4 is 28.2 Å². The van der Waals surface area contributed by atoms with Gasteiger partial charge in [0.05, 0.1) is 31.6 Å². The third-order valence-electron chi connectivity index (χ3n) is 6.55. The Kier molecular flexibility index (Phi) is 6.16. The molecule has 0 aliphatic carbocycles. The first kappa shape index (κ1) is 21.7. The number of fused-ring (bicyclic) bond motifs is 2. The minimum absolute atomic E-state index is 0.183. The van der Waals surface area contributed by atoms with Gasteiger partial charge in [0.2, 0.25) is 0 Å². The van der Waals surface area contributed by atoms with Gasteiger partial charge in [0, 0.05) is 29.7 Å². The number of methoxy groups -OCH3 is 2. The molecule has 2 heterocycles. The molecule has 0 spiro atoms. The fourth-order valence-corrected chi connectivity index (χ4v) is 5.01. The molecule has 1 aliphatic rings. The van der Waals surface area contributed by atoms with Gasteiger partial charge >= 0.3 is 0 Å². The summed E-state index contributed by atoms with van der Waals surface area (Å²) in [6.45, 7) is 1.64. The Labute approximate surface area is 199 Å². The fourth-order valence-electron chi connectivity index (χ4n) is 4.81. The fraction of sp³-hybridized carbons (Fsp3) is 0.259. The number of rotatable bonds is 7. The molecule has 3 aromatic carbocycles. The molecule has 1 aromatic heterocycles. The van der Waals surface area contributed by atoms with E-state index in [-0.39, 0.29) is 6.04 Å². The Morgan fingerprint density at radius 1 is 1.03 bits per heavy atom. The predicted octanol–water partition coefficient (Wildman–Crippen LogP) is 6.05. The zero-order chi connectivity index (χ0) is 22.8. The highest BCUT2D eigenvalue weighted by Crippen LogP contribution is 2.40. The van der Waals surface area contributed by atoms with E-state index in [2.05, 4.69) is 57.8 Å². The smallest absolute Gasteiger partial charge is 0.161 e. The second-order valence-electron chi connectivity index (χ2n) is 8.36. The average Bonchev–Trinajstić information content (AvgIpc) is 3.26. The maximum Gasteiger partial charge on any atom is 0.161 e. The Hall–Kier alpha value is -3.15. The van der Waals surface area contributed by atoms with E-state index in [0.717, 1.165) is 47.1 Å². The van der Waals surface area contributed by atoms with Crippen molar-refractivity contribution in [3.63, 3.8) is 0 Å². The third kappa shape index (κ3) is 4.26. The highest BCUT2D eigenvalue weighted by Gasteiger charge is 2.30. The van der Waals surface area contributed by atoms with Crippen molar-refractivity contribution in [2.75, 3.05) is 32.7 Å². The quantitative estimate of drug-likeness (QED) is 0.351. The molecule has 0 amide bonds. The highest BCUT2D eigenvalue weighted by atomic mass is 35.5. The highest BCUT2D eigenvalue weighted by molar-refractivity contribution is 6.33. The summed E-state index contributed by atoms with van der Waals surface area (Å²) in [6.07, 6.45) is 3.97. The number of hydrogen-bond donors (Lipinski definition) is 2. The molecular formula is C27H28ClN3O2. The van der Waals surface area contributed by atoms with Crippen LogP contribution < -0.4 is 14.8 Å². The van der Waals surface area contributed by atoms with Crippen LogP contribution in [0.3, 0.4) is 0 Å². The Morgan fingerprint density at radius 2 is 1.79 bits per heavy atom. The summed E-state index contributed by atoms with van der Waals surface area (Å²) in [6, 6.07) is 20.8. The van der Waals surface area contributed by atoms with Crippen LogP contribution in [0.4, 0.5) is 5.69 Å². The van der Waals surface area contributed by atoms with Crippen LogP contribution in [-0.4, -0.2) is 37.3 Å². The van der Waals surface area contributed by atoms with Gasteiger partial charge in [0.15, 0.2) is 11.5 Å². The van der Waals surface area contributed by atoms with Crippen molar-refractivity contribution in [3.05, 3.63) is 88.6 Å². The van der Waals surface area contributed by atoms with Crippen molar-refractivity contribution < 1.29 is 9.47 Å². The van der Waals surface area contributed by atoms with Crippen LogP contribution in [0, 0.1) is 0 Å². The summed E-state index contributed by atoms with van der Waals surface area (Å²) in [5.74, 6) is 1.55. The van der Waals surface area contributed by atoms with Crippen LogP contribution in [0.15, 0.2) is 66.9 Å². The number of hydrogen-bond acceptors (Lipinski definition) is 4. The van der Waals surface area contributed by atoms with E-state index in [1.165, 1.54) is 22.1 Å². The SMILES string of the molecule is COc1cc2c(cc1OC)C(Cc1c[nH]c3ccccc13)N(CNc1ccccc1Cl)CC2. The van der Waals surface area contributed by atoms with Gasteiger partial charge in [0.1, 0.15) is 0 Å². The summed E-state index contributed by atoms with van der Waals surface area (Å²) >= 11 is 6.40. The van der Waals surface area contributed by atoms with Gasteiger partial charge in [0.25, 0.3) is 0 Å². The van der Waals surface area contributed by atoms with E-state index in [9.17, 15) is 0 Å². The molecule has 170 valence electrons. The zero-order valence-corrected chi connectivity index (χ0v) is 19.7. The second kappa shape index (κ2) is 9.38. The third-order valence-corrected chi connectivity index (χ3v) is 6.88. The minimum Gasteiger partial charge on any atom is -0.493 e. The summed E-state index contributed by atoms with van der Waals surface area (Å²) < 4.78 is 11.2. The molecule has 0 saturated heterocycles. The van der Waals surface area contributed by atoms with Gasteiger partial charge in [-0.2, -0.15) is 0 Å². The topological polar surface area (TPSA) is 49.5 Å². The number of aromatic nitrogens is 1. The van der Waals surface area contributed by atoms with Crippen molar-refractivity contribution in [2.24, 2.45) is 0 Å². The number of anilines is 1. The Morgan fingerprint density at radius 3 is 2.61 bits per heavy atom. The van der Waals surface area contributed by atoms with E-state index < -0.39 is 0 Å². The van der Waals surface area contributed by atoms with Gasteiger partial charge in [-0.25, -0.2) is 0 Å². The standard InChI is InChI=1S/C27H28ClN3O2/c1-32-26-14-18-11-12-31(17-30-24-10-6-4-8-22(24)28)25(21(18)15-27(26)33-2)13-19-16-29-23-9-5-3-7-20(19)23/h3-10,14-16,25,29-30H,11-13,17H2,1-2H3. The van der Waals surface area contributed by atoms with E-state index in [0.29, 0.717) is 6.67 Å².